The molecule has 0 fully saturated rings. The highest BCUT2D eigenvalue weighted by atomic mass is 16.5. The molecule has 0 atom stereocenters. The number of hydrogen-bond acceptors (Lipinski definition) is 7. The summed E-state index contributed by atoms with van der Waals surface area (Å²) in [5, 5.41) is 7.52. The molecule has 0 aliphatic rings. The van der Waals surface area contributed by atoms with Crippen molar-refractivity contribution in [1.29, 1.82) is 0 Å². The van der Waals surface area contributed by atoms with Gasteiger partial charge >= 0.3 is 0 Å². The van der Waals surface area contributed by atoms with Crippen molar-refractivity contribution in [2.24, 2.45) is 0 Å². The third-order valence-electron chi connectivity index (χ3n) is 3.63. The minimum absolute atomic E-state index is 0.516. The standard InChI is InChI=1S/C16H19N5O3/c1-10-7-13(21-16(20-10)18-9-19-21)17-8-11-5-6-12(22-2)15(24-4)14(11)23-3/h5-7,9,17H,8H2,1-4H3. The lowest BCUT2D eigenvalue weighted by molar-refractivity contribution is 0.322. The van der Waals surface area contributed by atoms with Crippen molar-refractivity contribution in [3.63, 3.8) is 0 Å². The van der Waals surface area contributed by atoms with Crippen LogP contribution >= 0.6 is 0 Å². The average Bonchev–Trinajstić information content (AvgIpc) is 3.06. The molecule has 0 unspecified atom stereocenters. The lowest BCUT2D eigenvalue weighted by Gasteiger charge is -2.16. The molecule has 0 aliphatic carbocycles. The summed E-state index contributed by atoms with van der Waals surface area (Å²) < 4.78 is 17.9. The SMILES string of the molecule is COc1ccc(CNc2cc(C)nc3ncnn23)c(OC)c1OC. The molecule has 0 spiro atoms. The second kappa shape index (κ2) is 6.61. The first-order valence-electron chi connectivity index (χ1n) is 7.37. The van der Waals surface area contributed by atoms with E-state index >= 15 is 0 Å². The fourth-order valence-corrected chi connectivity index (χ4v) is 2.54. The van der Waals surface area contributed by atoms with Gasteiger partial charge in [0, 0.05) is 23.9 Å². The molecule has 0 aliphatic heterocycles. The predicted octanol–water partition coefficient (Wildman–Crippen LogP) is 2.07. The number of rotatable bonds is 6. The van der Waals surface area contributed by atoms with E-state index in [0.717, 1.165) is 17.1 Å². The molecule has 0 saturated carbocycles. The van der Waals surface area contributed by atoms with Crippen LogP contribution in [0.25, 0.3) is 5.78 Å². The van der Waals surface area contributed by atoms with Crippen LogP contribution in [0.15, 0.2) is 24.5 Å². The predicted molar refractivity (Wildman–Crippen MR) is 88.9 cm³/mol. The van der Waals surface area contributed by atoms with Gasteiger partial charge in [-0.15, -0.1) is 0 Å². The van der Waals surface area contributed by atoms with Crippen molar-refractivity contribution < 1.29 is 14.2 Å². The molecule has 2 aromatic heterocycles. The molecular weight excluding hydrogens is 310 g/mol. The maximum atomic E-state index is 5.50. The van der Waals surface area contributed by atoms with Crippen LogP contribution < -0.4 is 19.5 Å². The smallest absolute Gasteiger partial charge is 0.254 e. The summed E-state index contributed by atoms with van der Waals surface area (Å²) in [7, 11) is 4.78. The van der Waals surface area contributed by atoms with Crippen LogP contribution in [0.3, 0.4) is 0 Å². The normalized spacial score (nSPS) is 10.7. The van der Waals surface area contributed by atoms with Crippen LogP contribution in [-0.4, -0.2) is 40.9 Å². The molecule has 2 heterocycles. The van der Waals surface area contributed by atoms with E-state index in [1.165, 1.54) is 6.33 Å². The van der Waals surface area contributed by atoms with Crippen molar-refractivity contribution in [2.75, 3.05) is 26.6 Å². The summed E-state index contributed by atoms with van der Waals surface area (Å²) in [5.41, 5.74) is 1.79. The summed E-state index contributed by atoms with van der Waals surface area (Å²) in [6, 6.07) is 5.69. The van der Waals surface area contributed by atoms with E-state index < -0.39 is 0 Å². The van der Waals surface area contributed by atoms with Crippen LogP contribution in [0.5, 0.6) is 17.2 Å². The number of methoxy groups -OCH3 is 3. The third kappa shape index (κ3) is 2.78. The van der Waals surface area contributed by atoms with Crippen LogP contribution in [0.2, 0.25) is 0 Å². The minimum atomic E-state index is 0.516. The zero-order valence-corrected chi connectivity index (χ0v) is 14.0. The maximum Gasteiger partial charge on any atom is 0.254 e. The first-order chi connectivity index (χ1) is 11.7. The summed E-state index contributed by atoms with van der Waals surface area (Å²) in [6.45, 7) is 2.43. The zero-order chi connectivity index (χ0) is 17.1. The number of hydrogen-bond donors (Lipinski definition) is 1. The van der Waals surface area contributed by atoms with Crippen molar-refractivity contribution in [3.05, 3.63) is 35.8 Å². The molecule has 0 bridgehead atoms. The van der Waals surface area contributed by atoms with Gasteiger partial charge in [0.25, 0.3) is 5.78 Å². The highest BCUT2D eigenvalue weighted by molar-refractivity contribution is 5.57. The van der Waals surface area contributed by atoms with Gasteiger partial charge in [-0.1, -0.05) is 0 Å². The van der Waals surface area contributed by atoms with Crippen LogP contribution in [-0.2, 0) is 6.54 Å². The van der Waals surface area contributed by atoms with Crippen molar-refractivity contribution in [1.82, 2.24) is 19.6 Å². The molecule has 0 amide bonds. The first kappa shape index (κ1) is 15.9. The topological polar surface area (TPSA) is 82.8 Å². The van der Waals surface area contributed by atoms with Crippen molar-refractivity contribution in [2.45, 2.75) is 13.5 Å². The molecule has 3 rings (SSSR count). The molecule has 8 heteroatoms. The summed E-state index contributed by atoms with van der Waals surface area (Å²) >= 11 is 0. The van der Waals surface area contributed by atoms with Gasteiger partial charge in [0.1, 0.15) is 12.1 Å². The summed E-state index contributed by atoms with van der Waals surface area (Å²) in [6.07, 6.45) is 1.48. The number of benzene rings is 1. The number of aromatic nitrogens is 4. The summed E-state index contributed by atoms with van der Waals surface area (Å²) in [5.74, 6) is 3.17. The Morgan fingerprint density at radius 1 is 1.08 bits per heavy atom. The molecule has 3 aromatic rings. The average molecular weight is 329 g/mol. The van der Waals surface area contributed by atoms with Crippen molar-refractivity contribution in [3.8, 4) is 17.2 Å². The highest BCUT2D eigenvalue weighted by Gasteiger charge is 2.16. The van der Waals surface area contributed by atoms with E-state index in [2.05, 4.69) is 20.4 Å². The zero-order valence-electron chi connectivity index (χ0n) is 14.0. The molecule has 1 N–H and O–H groups in total. The fraction of sp³-hybridized carbons (Fsp3) is 0.312. The van der Waals surface area contributed by atoms with Crippen LogP contribution in [0.1, 0.15) is 11.3 Å². The van der Waals surface area contributed by atoms with E-state index in [-0.39, 0.29) is 0 Å². The minimum Gasteiger partial charge on any atom is -0.493 e. The molecule has 0 saturated heterocycles. The lowest BCUT2D eigenvalue weighted by Crippen LogP contribution is -2.08. The van der Waals surface area contributed by atoms with E-state index in [4.69, 9.17) is 14.2 Å². The number of ether oxygens (including phenoxy) is 3. The number of nitrogens with one attached hydrogen (secondary N) is 1. The Morgan fingerprint density at radius 2 is 1.88 bits per heavy atom. The number of aryl methyl sites for hydroxylation is 1. The van der Waals surface area contributed by atoms with Gasteiger partial charge in [-0.2, -0.15) is 14.6 Å². The maximum absolute atomic E-state index is 5.50. The Bertz CT molecular complexity index is 862. The van der Waals surface area contributed by atoms with Crippen LogP contribution in [0.4, 0.5) is 5.82 Å². The molecule has 1 aromatic carbocycles. The second-order valence-electron chi connectivity index (χ2n) is 5.10. The Hall–Kier alpha value is -3.03. The fourth-order valence-electron chi connectivity index (χ4n) is 2.54. The Labute approximate surface area is 139 Å². The van der Waals surface area contributed by atoms with E-state index in [1.54, 1.807) is 25.8 Å². The van der Waals surface area contributed by atoms with Gasteiger partial charge in [0.2, 0.25) is 5.75 Å². The lowest BCUT2D eigenvalue weighted by atomic mass is 10.1. The highest BCUT2D eigenvalue weighted by Crippen LogP contribution is 2.39. The van der Waals surface area contributed by atoms with Crippen molar-refractivity contribution >= 4 is 11.6 Å². The number of anilines is 1. The molecule has 0 radical (unpaired) electrons. The van der Waals surface area contributed by atoms with Gasteiger partial charge in [-0.05, 0) is 19.1 Å². The number of nitrogens with zero attached hydrogens (tertiary/aromatic N) is 4. The van der Waals surface area contributed by atoms with Gasteiger partial charge < -0.3 is 19.5 Å². The Morgan fingerprint density at radius 3 is 2.58 bits per heavy atom. The van der Waals surface area contributed by atoms with Gasteiger partial charge in [-0.25, -0.2) is 4.98 Å². The molecular formula is C16H19N5O3. The molecule has 8 nitrogen and oxygen atoms in total. The quantitative estimate of drug-likeness (QED) is 0.741. The number of fused-ring (bicyclic) bond motifs is 1. The molecule has 24 heavy (non-hydrogen) atoms. The Kier molecular flexibility index (Phi) is 4.37. The largest absolute Gasteiger partial charge is 0.493 e. The summed E-state index contributed by atoms with van der Waals surface area (Å²) in [4.78, 5) is 8.44. The van der Waals surface area contributed by atoms with Gasteiger partial charge in [0.15, 0.2) is 11.5 Å². The third-order valence-corrected chi connectivity index (χ3v) is 3.63. The van der Waals surface area contributed by atoms with E-state index in [9.17, 15) is 0 Å². The molecule has 126 valence electrons. The second-order valence-corrected chi connectivity index (χ2v) is 5.10. The monoisotopic (exact) mass is 329 g/mol. The van der Waals surface area contributed by atoms with Gasteiger partial charge in [-0.3, -0.25) is 0 Å². The van der Waals surface area contributed by atoms with E-state index in [0.29, 0.717) is 29.6 Å². The Balaban J connectivity index is 1.92. The van der Waals surface area contributed by atoms with Gasteiger partial charge in [0.05, 0.1) is 21.3 Å². The first-order valence-corrected chi connectivity index (χ1v) is 7.37. The van der Waals surface area contributed by atoms with E-state index in [1.807, 2.05) is 25.1 Å². The van der Waals surface area contributed by atoms with Crippen LogP contribution in [0, 0.1) is 6.92 Å².